The van der Waals surface area contributed by atoms with E-state index in [9.17, 15) is 14.9 Å². The number of aryl methyl sites for hydroxylation is 1. The molecule has 38 heavy (non-hydrogen) atoms. The van der Waals surface area contributed by atoms with Crippen molar-refractivity contribution in [2.75, 3.05) is 19.4 Å². The molecule has 3 atom stereocenters. The molecule has 2 aromatic heterocycles. The molecule has 2 aliphatic rings. The Balaban J connectivity index is 1.83. The molecule has 0 saturated heterocycles. The number of pyridine rings is 1. The Morgan fingerprint density at radius 2 is 1.92 bits per heavy atom. The maximum atomic E-state index is 13.9. The second-order valence-electron chi connectivity index (χ2n) is 9.89. The summed E-state index contributed by atoms with van der Waals surface area (Å²) < 4.78 is 2.48. The van der Waals surface area contributed by atoms with Crippen LogP contribution in [-0.2, 0) is 6.54 Å². The van der Waals surface area contributed by atoms with Crippen molar-refractivity contribution in [1.29, 1.82) is 5.26 Å². The van der Waals surface area contributed by atoms with Crippen LogP contribution in [-0.4, -0.2) is 43.9 Å². The molecule has 10 nitrogen and oxygen atoms in total. The van der Waals surface area contributed by atoms with E-state index in [2.05, 4.69) is 26.5 Å². The summed E-state index contributed by atoms with van der Waals surface area (Å²) >= 11 is 0. The smallest absolute Gasteiger partial charge is 0.326 e. The number of aromatic nitrogens is 4. The van der Waals surface area contributed by atoms with Crippen molar-refractivity contribution < 1.29 is 0 Å². The van der Waals surface area contributed by atoms with Crippen molar-refractivity contribution in [3.8, 4) is 11.8 Å². The minimum atomic E-state index is -0.707. The number of rotatable bonds is 6. The highest BCUT2D eigenvalue weighted by Crippen LogP contribution is 2.31. The van der Waals surface area contributed by atoms with E-state index in [0.717, 1.165) is 27.0 Å². The zero-order chi connectivity index (χ0) is 27.6. The molecule has 2 heterocycles. The number of hydrogen-bond acceptors (Lipinski definition) is 8. The summed E-state index contributed by atoms with van der Waals surface area (Å²) in [5.41, 5.74) is 3.40. The maximum absolute atomic E-state index is 13.9. The Morgan fingerprint density at radius 1 is 1.16 bits per heavy atom. The molecule has 0 fully saturated rings. The number of nitriles is 1. The first-order valence-corrected chi connectivity index (χ1v) is 12.4. The second kappa shape index (κ2) is 10.8. The molecule has 0 unspecified atom stereocenters. The fourth-order valence-electron chi connectivity index (χ4n) is 4.61. The predicted molar refractivity (Wildman–Crippen MR) is 148 cm³/mol. The second-order valence-corrected chi connectivity index (χ2v) is 9.89. The van der Waals surface area contributed by atoms with Crippen LogP contribution in [0.15, 0.2) is 80.4 Å². The third kappa shape index (κ3) is 5.42. The van der Waals surface area contributed by atoms with Crippen LogP contribution < -0.4 is 16.7 Å². The van der Waals surface area contributed by atoms with Gasteiger partial charge in [-0.05, 0) is 49.1 Å². The number of anilines is 1. The van der Waals surface area contributed by atoms with Gasteiger partial charge in [-0.15, -0.1) is 0 Å². The molecule has 0 bridgehead atoms. The Kier molecular flexibility index (Phi) is 7.57. The standard InChI is InChI=1S/C28H32N8O2/c1-17-11-23(15-30-14-17)36-27(37)32-26(31-22-9-10-25(19(3)12-22)33-34(5)6)35(28(36)38)16-24-18(2)7-8-21(13-29)20(24)4/h7-12,14-15,19-21H,16H2,1-6H3,(H,31,32,37)/b33-25-/t19-,20+,21+/m0/s1. The van der Waals surface area contributed by atoms with E-state index in [1.165, 1.54) is 10.8 Å². The van der Waals surface area contributed by atoms with Crippen molar-refractivity contribution in [3.05, 3.63) is 92.2 Å². The number of allylic oxidation sites excluding steroid dienone is 7. The first-order valence-electron chi connectivity index (χ1n) is 12.4. The number of hydrazone groups is 1. The molecule has 0 aromatic carbocycles. The van der Waals surface area contributed by atoms with Crippen LogP contribution in [0, 0.1) is 36.0 Å². The molecule has 2 aliphatic carbocycles. The van der Waals surface area contributed by atoms with Crippen LogP contribution in [0.3, 0.4) is 0 Å². The molecular weight excluding hydrogens is 480 g/mol. The predicted octanol–water partition coefficient (Wildman–Crippen LogP) is 3.18. The SMILES string of the molecule is CC1=C(Cn2c(NC3=C[C@H](C)/C(=N\N(C)C)C=C3)nc(=O)n(-c3cncc(C)c3)c2=O)[C@H](C)[C@@H](C#N)C=C1. The highest BCUT2D eigenvalue weighted by molar-refractivity contribution is 5.99. The maximum Gasteiger partial charge on any atom is 0.359 e. The Hall–Kier alpha value is -4.52. The molecule has 0 saturated carbocycles. The molecule has 2 aromatic rings. The quantitative estimate of drug-likeness (QED) is 0.590. The summed E-state index contributed by atoms with van der Waals surface area (Å²) in [6, 6.07) is 4.04. The highest BCUT2D eigenvalue weighted by Gasteiger charge is 2.26. The van der Waals surface area contributed by atoms with Crippen LogP contribution >= 0.6 is 0 Å². The van der Waals surface area contributed by atoms with Crippen molar-refractivity contribution in [3.63, 3.8) is 0 Å². The van der Waals surface area contributed by atoms with E-state index < -0.39 is 11.4 Å². The van der Waals surface area contributed by atoms with Crippen molar-refractivity contribution in [2.45, 2.75) is 34.2 Å². The minimum Gasteiger partial charge on any atom is -0.326 e. The van der Waals surface area contributed by atoms with Gasteiger partial charge in [-0.3, -0.25) is 9.55 Å². The number of nitrogens with one attached hydrogen (secondary N) is 1. The summed E-state index contributed by atoms with van der Waals surface area (Å²) in [4.78, 5) is 35.5. The normalized spacial score (nSPS) is 21.9. The van der Waals surface area contributed by atoms with Crippen LogP contribution in [0.1, 0.15) is 26.3 Å². The topological polar surface area (TPSA) is 121 Å². The Morgan fingerprint density at radius 3 is 2.58 bits per heavy atom. The van der Waals surface area contributed by atoms with Gasteiger partial charge in [0.15, 0.2) is 0 Å². The molecule has 196 valence electrons. The lowest BCUT2D eigenvalue weighted by Gasteiger charge is -2.26. The summed E-state index contributed by atoms with van der Waals surface area (Å²) in [5, 5.41) is 19.0. The average Bonchev–Trinajstić information content (AvgIpc) is 2.85. The molecule has 1 N–H and O–H groups in total. The minimum absolute atomic E-state index is 0.00801. The van der Waals surface area contributed by atoms with Crippen molar-refractivity contribution in [2.24, 2.45) is 22.9 Å². The summed E-state index contributed by atoms with van der Waals surface area (Å²) in [5.74, 6) is -0.276. The number of nitrogens with zero attached hydrogens (tertiary/aromatic N) is 7. The number of hydrogen-bond donors (Lipinski definition) is 1. The zero-order valence-corrected chi connectivity index (χ0v) is 22.5. The molecule has 0 radical (unpaired) electrons. The van der Waals surface area contributed by atoms with E-state index in [1.54, 1.807) is 17.3 Å². The van der Waals surface area contributed by atoms with E-state index in [1.807, 2.05) is 72.2 Å². The van der Waals surface area contributed by atoms with Gasteiger partial charge in [-0.1, -0.05) is 37.6 Å². The van der Waals surface area contributed by atoms with Gasteiger partial charge in [0.1, 0.15) is 0 Å². The lowest BCUT2D eigenvalue weighted by molar-refractivity contribution is 0.435. The average molecular weight is 513 g/mol. The van der Waals surface area contributed by atoms with Gasteiger partial charge in [-0.2, -0.15) is 15.3 Å². The van der Waals surface area contributed by atoms with Gasteiger partial charge in [0.05, 0.1) is 36.1 Å². The zero-order valence-electron chi connectivity index (χ0n) is 22.5. The monoisotopic (exact) mass is 512 g/mol. The van der Waals surface area contributed by atoms with Crippen molar-refractivity contribution >= 4 is 11.7 Å². The van der Waals surface area contributed by atoms with Gasteiger partial charge in [0, 0.05) is 31.9 Å². The lowest BCUT2D eigenvalue weighted by atomic mass is 9.81. The van der Waals surface area contributed by atoms with E-state index in [4.69, 9.17) is 0 Å². The first-order chi connectivity index (χ1) is 18.1. The molecular formula is C28H32N8O2. The van der Waals surface area contributed by atoms with Crippen LogP contribution in [0.25, 0.3) is 5.69 Å². The largest absolute Gasteiger partial charge is 0.359 e. The lowest BCUT2D eigenvalue weighted by Crippen LogP contribution is -2.42. The van der Waals surface area contributed by atoms with Gasteiger partial charge < -0.3 is 10.3 Å². The van der Waals surface area contributed by atoms with E-state index >= 15 is 0 Å². The van der Waals surface area contributed by atoms with Crippen molar-refractivity contribution in [1.82, 2.24) is 24.1 Å². The van der Waals surface area contributed by atoms with E-state index in [0.29, 0.717) is 11.4 Å². The van der Waals surface area contributed by atoms with Crippen LogP contribution in [0.4, 0.5) is 5.95 Å². The molecule has 0 spiro atoms. The molecule has 0 amide bonds. The fourth-order valence-corrected chi connectivity index (χ4v) is 4.61. The van der Waals surface area contributed by atoms with Crippen LogP contribution in [0.5, 0.6) is 0 Å². The first kappa shape index (κ1) is 26.5. The summed E-state index contributed by atoms with van der Waals surface area (Å²) in [6.07, 6.45) is 12.6. The Labute approximate surface area is 221 Å². The van der Waals surface area contributed by atoms with Crippen LogP contribution in [0.2, 0.25) is 0 Å². The van der Waals surface area contributed by atoms with Gasteiger partial charge in [0.2, 0.25) is 5.95 Å². The van der Waals surface area contributed by atoms with Gasteiger partial charge >= 0.3 is 11.4 Å². The van der Waals surface area contributed by atoms with Gasteiger partial charge in [-0.25, -0.2) is 14.2 Å². The fraction of sp³-hybridized carbons (Fsp3) is 0.357. The van der Waals surface area contributed by atoms with E-state index in [-0.39, 0.29) is 30.2 Å². The summed E-state index contributed by atoms with van der Waals surface area (Å²) in [6.45, 7) is 7.96. The third-order valence-corrected chi connectivity index (χ3v) is 6.72. The highest BCUT2D eigenvalue weighted by atomic mass is 16.2. The Bertz CT molecular complexity index is 1560. The molecule has 4 rings (SSSR count). The molecule has 10 heteroatoms. The van der Waals surface area contributed by atoms with Gasteiger partial charge in [0.25, 0.3) is 0 Å². The third-order valence-electron chi connectivity index (χ3n) is 6.72. The summed E-state index contributed by atoms with van der Waals surface area (Å²) in [7, 11) is 3.72. The molecule has 0 aliphatic heterocycles.